The molecule has 0 aliphatic carbocycles. The van der Waals surface area contributed by atoms with Crippen molar-refractivity contribution in [2.75, 3.05) is 6.61 Å². The molecule has 1 unspecified atom stereocenters. The number of nitrogens with one attached hydrogen (secondary N) is 1. The molecular formula is C9H15N3O2. The molecule has 0 aliphatic heterocycles. The number of carbonyl (C=O) groups excluding carboxylic acids is 1. The molecule has 1 amide bonds. The zero-order valence-corrected chi connectivity index (χ0v) is 8.40. The van der Waals surface area contributed by atoms with Crippen molar-refractivity contribution in [2.45, 2.75) is 19.4 Å². The predicted molar refractivity (Wildman–Crippen MR) is 51.8 cm³/mol. The molecule has 0 spiro atoms. The summed E-state index contributed by atoms with van der Waals surface area (Å²) in [5, 5.41) is 15.3. The van der Waals surface area contributed by atoms with E-state index in [0.717, 1.165) is 0 Å². The summed E-state index contributed by atoms with van der Waals surface area (Å²) in [6.45, 7) is 1.93. The smallest absolute Gasteiger partial charge is 0.269 e. The van der Waals surface area contributed by atoms with Gasteiger partial charge in [0.15, 0.2) is 0 Å². The van der Waals surface area contributed by atoms with Crippen molar-refractivity contribution in [3.8, 4) is 0 Å². The topological polar surface area (TPSA) is 67.2 Å². The molecule has 0 saturated carbocycles. The van der Waals surface area contributed by atoms with E-state index in [1.165, 1.54) is 4.68 Å². The lowest BCUT2D eigenvalue weighted by atomic mass is 10.2. The fourth-order valence-corrected chi connectivity index (χ4v) is 1.16. The van der Waals surface area contributed by atoms with Crippen molar-refractivity contribution < 1.29 is 9.90 Å². The standard InChI is InChI=1S/C9H15N3O2/c1-7(4-6-13)11-9(14)8-3-5-10-12(8)2/h3,5,7,13H,4,6H2,1-2H3,(H,11,14). The van der Waals surface area contributed by atoms with Crippen LogP contribution in [0, 0.1) is 0 Å². The lowest BCUT2D eigenvalue weighted by Gasteiger charge is -2.11. The molecule has 0 bridgehead atoms. The molecular weight excluding hydrogens is 182 g/mol. The number of nitrogens with zero attached hydrogens (tertiary/aromatic N) is 2. The van der Waals surface area contributed by atoms with Gasteiger partial charge in [0.2, 0.25) is 0 Å². The summed E-state index contributed by atoms with van der Waals surface area (Å²) < 4.78 is 1.51. The molecule has 78 valence electrons. The molecule has 5 nitrogen and oxygen atoms in total. The number of aryl methyl sites for hydroxylation is 1. The maximum absolute atomic E-state index is 11.6. The molecule has 1 rings (SSSR count). The van der Waals surface area contributed by atoms with Crippen molar-refractivity contribution in [2.24, 2.45) is 7.05 Å². The van der Waals surface area contributed by atoms with Crippen LogP contribution in [0.1, 0.15) is 23.8 Å². The summed E-state index contributed by atoms with van der Waals surface area (Å²) in [6.07, 6.45) is 2.13. The maximum Gasteiger partial charge on any atom is 0.269 e. The predicted octanol–water partition coefficient (Wildman–Crippen LogP) is -0.0792. The van der Waals surface area contributed by atoms with Crippen molar-refractivity contribution in [3.05, 3.63) is 18.0 Å². The van der Waals surface area contributed by atoms with E-state index >= 15 is 0 Å². The van der Waals surface area contributed by atoms with Gasteiger partial charge in [0.05, 0.1) is 0 Å². The van der Waals surface area contributed by atoms with E-state index in [2.05, 4.69) is 10.4 Å². The summed E-state index contributed by atoms with van der Waals surface area (Å²) in [5.41, 5.74) is 0.523. The van der Waals surface area contributed by atoms with Crippen LogP contribution in [0.2, 0.25) is 0 Å². The average molecular weight is 197 g/mol. The van der Waals surface area contributed by atoms with Gasteiger partial charge in [-0.3, -0.25) is 9.48 Å². The Morgan fingerprint density at radius 1 is 1.79 bits per heavy atom. The molecule has 1 aromatic heterocycles. The van der Waals surface area contributed by atoms with Gasteiger partial charge in [0.1, 0.15) is 5.69 Å². The van der Waals surface area contributed by atoms with Crippen LogP contribution in [0.4, 0.5) is 0 Å². The highest BCUT2D eigenvalue weighted by molar-refractivity contribution is 5.92. The number of rotatable bonds is 4. The number of hydrogen-bond donors (Lipinski definition) is 2. The quantitative estimate of drug-likeness (QED) is 0.709. The van der Waals surface area contributed by atoms with Crippen LogP contribution in [0.15, 0.2) is 12.3 Å². The zero-order valence-electron chi connectivity index (χ0n) is 8.40. The first-order chi connectivity index (χ1) is 6.65. The Kier molecular flexibility index (Phi) is 3.64. The maximum atomic E-state index is 11.6. The van der Waals surface area contributed by atoms with E-state index in [4.69, 9.17) is 5.11 Å². The lowest BCUT2D eigenvalue weighted by molar-refractivity contribution is 0.0925. The third-order valence-electron chi connectivity index (χ3n) is 1.99. The molecule has 1 heterocycles. The Bertz CT molecular complexity index is 309. The van der Waals surface area contributed by atoms with Crippen LogP contribution >= 0.6 is 0 Å². The fourth-order valence-electron chi connectivity index (χ4n) is 1.16. The monoisotopic (exact) mass is 197 g/mol. The molecule has 0 aliphatic rings. The number of carbonyl (C=O) groups is 1. The van der Waals surface area contributed by atoms with Gasteiger partial charge in [-0.1, -0.05) is 0 Å². The van der Waals surface area contributed by atoms with Crippen LogP contribution in [0.25, 0.3) is 0 Å². The summed E-state index contributed by atoms with van der Waals surface area (Å²) in [5.74, 6) is -0.161. The van der Waals surface area contributed by atoms with Gasteiger partial charge < -0.3 is 10.4 Å². The molecule has 0 aromatic carbocycles. The Balaban J connectivity index is 2.55. The van der Waals surface area contributed by atoms with Gasteiger partial charge in [-0.2, -0.15) is 5.10 Å². The average Bonchev–Trinajstić information content (AvgIpc) is 2.51. The van der Waals surface area contributed by atoms with E-state index < -0.39 is 0 Å². The Morgan fingerprint density at radius 2 is 2.50 bits per heavy atom. The Morgan fingerprint density at radius 3 is 3.00 bits per heavy atom. The van der Waals surface area contributed by atoms with Gasteiger partial charge >= 0.3 is 0 Å². The summed E-state index contributed by atoms with van der Waals surface area (Å²) in [7, 11) is 1.71. The highest BCUT2D eigenvalue weighted by Gasteiger charge is 2.11. The number of aliphatic hydroxyl groups excluding tert-OH is 1. The first-order valence-corrected chi connectivity index (χ1v) is 4.55. The van der Waals surface area contributed by atoms with Crippen LogP contribution in [-0.2, 0) is 7.05 Å². The second kappa shape index (κ2) is 4.76. The molecule has 0 radical (unpaired) electrons. The number of aromatic nitrogens is 2. The van der Waals surface area contributed by atoms with E-state index in [1.807, 2.05) is 6.92 Å². The van der Waals surface area contributed by atoms with E-state index in [9.17, 15) is 4.79 Å². The summed E-state index contributed by atoms with van der Waals surface area (Å²) in [6, 6.07) is 1.63. The second-order valence-electron chi connectivity index (χ2n) is 3.23. The van der Waals surface area contributed by atoms with Crippen LogP contribution in [0.5, 0.6) is 0 Å². The van der Waals surface area contributed by atoms with E-state index in [-0.39, 0.29) is 18.6 Å². The van der Waals surface area contributed by atoms with Gasteiger partial charge in [0.25, 0.3) is 5.91 Å². The minimum absolute atomic E-state index is 0.0256. The van der Waals surface area contributed by atoms with Crippen molar-refractivity contribution in [1.29, 1.82) is 0 Å². The molecule has 14 heavy (non-hydrogen) atoms. The highest BCUT2D eigenvalue weighted by Crippen LogP contribution is 1.98. The van der Waals surface area contributed by atoms with Gasteiger partial charge in [-0.15, -0.1) is 0 Å². The lowest BCUT2D eigenvalue weighted by Crippen LogP contribution is -2.34. The van der Waals surface area contributed by atoms with Crippen molar-refractivity contribution in [1.82, 2.24) is 15.1 Å². The zero-order chi connectivity index (χ0) is 10.6. The van der Waals surface area contributed by atoms with Gasteiger partial charge in [-0.25, -0.2) is 0 Å². The SMILES string of the molecule is CC(CCO)NC(=O)c1ccnn1C. The number of aliphatic hydroxyl groups is 1. The van der Waals surface area contributed by atoms with Crippen LogP contribution in [0.3, 0.4) is 0 Å². The Labute approximate surface area is 82.7 Å². The Hall–Kier alpha value is -1.36. The van der Waals surface area contributed by atoms with Gasteiger partial charge in [0, 0.05) is 25.9 Å². The highest BCUT2D eigenvalue weighted by atomic mass is 16.3. The molecule has 2 N–H and O–H groups in total. The fraction of sp³-hybridized carbons (Fsp3) is 0.556. The van der Waals surface area contributed by atoms with Gasteiger partial charge in [-0.05, 0) is 19.4 Å². The third-order valence-corrected chi connectivity index (χ3v) is 1.99. The first-order valence-electron chi connectivity index (χ1n) is 4.55. The third kappa shape index (κ3) is 2.56. The molecule has 1 aromatic rings. The first kappa shape index (κ1) is 10.7. The van der Waals surface area contributed by atoms with Crippen LogP contribution in [-0.4, -0.2) is 33.4 Å². The minimum Gasteiger partial charge on any atom is -0.396 e. The second-order valence-corrected chi connectivity index (χ2v) is 3.23. The minimum atomic E-state index is -0.161. The molecule has 5 heteroatoms. The van der Waals surface area contributed by atoms with E-state index in [1.54, 1.807) is 19.3 Å². The molecule has 0 saturated heterocycles. The summed E-state index contributed by atoms with van der Waals surface area (Å²) >= 11 is 0. The summed E-state index contributed by atoms with van der Waals surface area (Å²) in [4.78, 5) is 11.6. The van der Waals surface area contributed by atoms with Crippen molar-refractivity contribution in [3.63, 3.8) is 0 Å². The number of amides is 1. The molecule has 1 atom stereocenters. The normalized spacial score (nSPS) is 12.5. The van der Waals surface area contributed by atoms with E-state index in [0.29, 0.717) is 12.1 Å². The van der Waals surface area contributed by atoms with Crippen LogP contribution < -0.4 is 5.32 Å². The van der Waals surface area contributed by atoms with Crippen molar-refractivity contribution >= 4 is 5.91 Å². The largest absolute Gasteiger partial charge is 0.396 e. The number of hydrogen-bond acceptors (Lipinski definition) is 3. The molecule has 0 fully saturated rings.